The molecule has 2 saturated heterocycles. The van der Waals surface area contributed by atoms with E-state index in [1.54, 1.807) is 27.4 Å². The Labute approximate surface area is 168 Å². The molecule has 1 amide bonds. The van der Waals surface area contributed by atoms with E-state index in [0.29, 0.717) is 49.9 Å². The molecule has 2 heterocycles. The van der Waals surface area contributed by atoms with Gasteiger partial charge in [-0.2, -0.15) is 17.0 Å². The Bertz CT molecular complexity index is 759. The number of carbonyl (C=O) groups excluding carboxylic acids is 1. The van der Waals surface area contributed by atoms with Gasteiger partial charge in [0.25, 0.3) is 16.1 Å². The second-order valence-corrected chi connectivity index (χ2v) is 9.89. The second-order valence-electron chi connectivity index (χ2n) is 6.64. The largest absolute Gasteiger partial charge is 0.336 e. The van der Waals surface area contributed by atoms with Crippen LogP contribution in [0.1, 0.15) is 36.0 Å². The highest BCUT2D eigenvalue weighted by Crippen LogP contribution is 2.24. The monoisotopic (exact) mass is 463 g/mol. The molecular formula is C17H23BrClN3O3S. The molecule has 6 nitrogen and oxygen atoms in total. The number of hydrogen-bond acceptors (Lipinski definition) is 3. The molecule has 0 spiro atoms. The predicted octanol–water partition coefficient (Wildman–Crippen LogP) is 2.98. The van der Waals surface area contributed by atoms with Gasteiger partial charge in [-0.3, -0.25) is 4.79 Å². The van der Waals surface area contributed by atoms with Crippen molar-refractivity contribution in [1.82, 2.24) is 13.5 Å². The van der Waals surface area contributed by atoms with Gasteiger partial charge in [0.1, 0.15) is 0 Å². The van der Waals surface area contributed by atoms with E-state index in [2.05, 4.69) is 15.9 Å². The summed E-state index contributed by atoms with van der Waals surface area (Å²) in [6.45, 7) is 2.56. The standard InChI is InChI=1S/C17H23BrClN3O3S/c18-14-5-6-16(19)15(13-14)17(23)20-9-11-22(12-10-20)26(24,25)21-7-3-1-2-4-8-21/h5-6,13H,1-4,7-12H2. The number of nitrogens with zero attached hydrogens (tertiary/aromatic N) is 3. The van der Waals surface area contributed by atoms with Gasteiger partial charge in [-0.15, -0.1) is 0 Å². The highest BCUT2D eigenvalue weighted by molar-refractivity contribution is 9.10. The van der Waals surface area contributed by atoms with Crippen LogP contribution in [-0.2, 0) is 10.2 Å². The third kappa shape index (κ3) is 4.42. The molecule has 3 rings (SSSR count). The zero-order chi connectivity index (χ0) is 18.7. The van der Waals surface area contributed by atoms with Crippen LogP contribution in [0.2, 0.25) is 5.02 Å². The summed E-state index contributed by atoms with van der Waals surface area (Å²) < 4.78 is 29.6. The molecule has 0 unspecified atom stereocenters. The highest BCUT2D eigenvalue weighted by atomic mass is 79.9. The normalized spacial score (nSPS) is 20.8. The lowest BCUT2D eigenvalue weighted by Gasteiger charge is -2.36. The number of halogens is 2. The molecule has 144 valence electrons. The smallest absolute Gasteiger partial charge is 0.282 e. The van der Waals surface area contributed by atoms with Crippen molar-refractivity contribution < 1.29 is 13.2 Å². The summed E-state index contributed by atoms with van der Waals surface area (Å²) in [5.74, 6) is -0.164. The van der Waals surface area contributed by atoms with E-state index in [4.69, 9.17) is 11.6 Å². The van der Waals surface area contributed by atoms with Crippen LogP contribution in [0.5, 0.6) is 0 Å². The third-order valence-corrected chi connectivity index (χ3v) is 7.76. The van der Waals surface area contributed by atoms with Gasteiger partial charge in [-0.25, -0.2) is 0 Å². The van der Waals surface area contributed by atoms with Crippen molar-refractivity contribution in [3.05, 3.63) is 33.3 Å². The maximum atomic E-state index is 12.9. The molecular weight excluding hydrogens is 442 g/mol. The number of hydrogen-bond donors (Lipinski definition) is 0. The number of amides is 1. The van der Waals surface area contributed by atoms with Gasteiger partial charge < -0.3 is 4.90 Å². The van der Waals surface area contributed by atoms with E-state index >= 15 is 0 Å². The first kappa shape index (κ1) is 20.1. The van der Waals surface area contributed by atoms with E-state index in [-0.39, 0.29) is 5.91 Å². The van der Waals surface area contributed by atoms with Gasteiger partial charge in [-0.05, 0) is 31.0 Å². The van der Waals surface area contributed by atoms with Gasteiger partial charge in [0.05, 0.1) is 10.6 Å². The molecule has 0 bridgehead atoms. The molecule has 26 heavy (non-hydrogen) atoms. The van der Waals surface area contributed by atoms with Gasteiger partial charge in [0.2, 0.25) is 0 Å². The first-order valence-corrected chi connectivity index (χ1v) is 11.5. The summed E-state index contributed by atoms with van der Waals surface area (Å²) in [5, 5.41) is 0.401. The highest BCUT2D eigenvalue weighted by Gasteiger charge is 2.34. The summed E-state index contributed by atoms with van der Waals surface area (Å²) in [6, 6.07) is 5.16. The summed E-state index contributed by atoms with van der Waals surface area (Å²) in [7, 11) is -3.44. The van der Waals surface area contributed by atoms with Gasteiger partial charge in [0.15, 0.2) is 0 Å². The Hall–Kier alpha value is -0.670. The van der Waals surface area contributed by atoms with Crippen molar-refractivity contribution in [2.75, 3.05) is 39.3 Å². The Morgan fingerprint density at radius 1 is 0.923 bits per heavy atom. The van der Waals surface area contributed by atoms with Crippen molar-refractivity contribution in [2.24, 2.45) is 0 Å². The maximum absolute atomic E-state index is 12.9. The van der Waals surface area contributed by atoms with Crippen LogP contribution < -0.4 is 0 Å². The fraction of sp³-hybridized carbons (Fsp3) is 0.588. The average molecular weight is 465 g/mol. The van der Waals surface area contributed by atoms with Crippen LogP contribution in [0.15, 0.2) is 22.7 Å². The average Bonchev–Trinajstić information content (AvgIpc) is 2.93. The lowest BCUT2D eigenvalue weighted by Crippen LogP contribution is -2.54. The van der Waals surface area contributed by atoms with E-state index < -0.39 is 10.2 Å². The van der Waals surface area contributed by atoms with Crippen LogP contribution in [0.25, 0.3) is 0 Å². The molecule has 0 saturated carbocycles. The summed E-state index contributed by atoms with van der Waals surface area (Å²) in [6.07, 6.45) is 4.00. The van der Waals surface area contributed by atoms with E-state index in [1.165, 1.54) is 4.31 Å². The molecule has 1 aromatic carbocycles. The Morgan fingerprint density at radius 2 is 1.50 bits per heavy atom. The minimum atomic E-state index is -3.44. The molecule has 0 N–H and O–H groups in total. The van der Waals surface area contributed by atoms with Crippen LogP contribution in [-0.4, -0.2) is 67.1 Å². The molecule has 1 aromatic rings. The Balaban J connectivity index is 1.65. The van der Waals surface area contributed by atoms with Crippen LogP contribution >= 0.6 is 27.5 Å². The number of benzene rings is 1. The van der Waals surface area contributed by atoms with Crippen LogP contribution in [0, 0.1) is 0 Å². The molecule has 2 aliphatic heterocycles. The fourth-order valence-corrected chi connectivity index (χ4v) is 5.62. The predicted molar refractivity (Wildman–Crippen MR) is 106 cm³/mol. The molecule has 2 fully saturated rings. The zero-order valence-electron chi connectivity index (χ0n) is 14.5. The molecule has 9 heteroatoms. The maximum Gasteiger partial charge on any atom is 0.282 e. The Kier molecular flexibility index (Phi) is 6.61. The minimum Gasteiger partial charge on any atom is -0.336 e. The molecule has 0 radical (unpaired) electrons. The van der Waals surface area contributed by atoms with E-state index in [1.807, 2.05) is 0 Å². The molecule has 0 aromatic heterocycles. The lowest BCUT2D eigenvalue weighted by molar-refractivity contribution is 0.0694. The zero-order valence-corrected chi connectivity index (χ0v) is 17.7. The molecule has 2 aliphatic rings. The number of rotatable bonds is 3. The number of piperazine rings is 1. The van der Waals surface area contributed by atoms with Crippen LogP contribution in [0.3, 0.4) is 0 Å². The second kappa shape index (κ2) is 8.56. The first-order valence-electron chi connectivity index (χ1n) is 8.89. The summed E-state index contributed by atoms with van der Waals surface area (Å²) in [4.78, 5) is 14.4. The third-order valence-electron chi connectivity index (χ3n) is 4.90. The van der Waals surface area contributed by atoms with Crippen molar-refractivity contribution in [2.45, 2.75) is 25.7 Å². The fourth-order valence-electron chi connectivity index (χ4n) is 3.39. The van der Waals surface area contributed by atoms with Crippen molar-refractivity contribution >= 4 is 43.6 Å². The van der Waals surface area contributed by atoms with E-state index in [9.17, 15) is 13.2 Å². The molecule has 0 atom stereocenters. The molecule has 0 aliphatic carbocycles. The van der Waals surface area contributed by atoms with Crippen LogP contribution in [0.4, 0.5) is 0 Å². The van der Waals surface area contributed by atoms with Gasteiger partial charge in [0, 0.05) is 43.7 Å². The quantitative estimate of drug-likeness (QED) is 0.691. The van der Waals surface area contributed by atoms with Crippen molar-refractivity contribution in [1.29, 1.82) is 0 Å². The summed E-state index contributed by atoms with van der Waals surface area (Å²) >= 11 is 9.50. The SMILES string of the molecule is O=C(c1cc(Br)ccc1Cl)N1CCN(S(=O)(=O)N2CCCCCC2)CC1. The summed E-state index contributed by atoms with van der Waals surface area (Å²) in [5.41, 5.74) is 0.435. The van der Waals surface area contributed by atoms with Crippen molar-refractivity contribution in [3.8, 4) is 0 Å². The minimum absolute atomic E-state index is 0.164. The van der Waals surface area contributed by atoms with Gasteiger partial charge in [-0.1, -0.05) is 40.4 Å². The topological polar surface area (TPSA) is 60.9 Å². The van der Waals surface area contributed by atoms with E-state index in [0.717, 1.165) is 30.2 Å². The van der Waals surface area contributed by atoms with Gasteiger partial charge >= 0.3 is 0 Å². The first-order chi connectivity index (χ1) is 12.4. The van der Waals surface area contributed by atoms with Crippen molar-refractivity contribution in [3.63, 3.8) is 0 Å². The number of carbonyl (C=O) groups is 1. The Morgan fingerprint density at radius 3 is 2.12 bits per heavy atom. The lowest BCUT2D eigenvalue weighted by atomic mass is 10.2.